The Hall–Kier alpha value is -2.63. The first-order chi connectivity index (χ1) is 10.4. The first-order valence-electron chi connectivity index (χ1n) is 6.43. The Morgan fingerprint density at radius 1 is 1.23 bits per heavy atom. The molecule has 2 aromatic rings. The highest BCUT2D eigenvalue weighted by Crippen LogP contribution is 2.30. The van der Waals surface area contributed by atoms with Gasteiger partial charge in [-0.1, -0.05) is 6.07 Å². The van der Waals surface area contributed by atoms with Crippen molar-refractivity contribution < 1.29 is 18.0 Å². The second-order valence-corrected chi connectivity index (χ2v) is 4.64. The molecule has 0 saturated carbocycles. The predicted octanol–water partition coefficient (Wildman–Crippen LogP) is 4.30. The Bertz CT molecular complexity index is 694. The van der Waals surface area contributed by atoms with Gasteiger partial charge in [0.15, 0.2) is 5.78 Å². The molecule has 22 heavy (non-hydrogen) atoms. The van der Waals surface area contributed by atoms with Crippen LogP contribution in [-0.4, -0.2) is 10.8 Å². The highest BCUT2D eigenvalue weighted by Gasteiger charge is 2.30. The van der Waals surface area contributed by atoms with Crippen molar-refractivity contribution >= 4 is 11.5 Å². The van der Waals surface area contributed by atoms with Crippen molar-refractivity contribution in [3.8, 4) is 0 Å². The van der Waals surface area contributed by atoms with E-state index in [1.165, 1.54) is 24.4 Å². The highest BCUT2D eigenvalue weighted by molar-refractivity contribution is 6.04. The molecule has 2 rings (SSSR count). The molecule has 0 atom stereocenters. The lowest BCUT2D eigenvalue weighted by atomic mass is 10.1. The average Bonchev–Trinajstić information content (AvgIpc) is 2.47. The molecule has 6 heteroatoms. The molecule has 0 unspecified atom stereocenters. The third kappa shape index (κ3) is 4.18. The zero-order chi connectivity index (χ0) is 16.2. The number of benzene rings is 1. The van der Waals surface area contributed by atoms with E-state index in [1.54, 1.807) is 25.3 Å². The Kier molecular flexibility index (Phi) is 4.60. The van der Waals surface area contributed by atoms with E-state index in [4.69, 9.17) is 0 Å². The van der Waals surface area contributed by atoms with Gasteiger partial charge in [-0.25, -0.2) is 0 Å². The minimum atomic E-state index is -4.40. The van der Waals surface area contributed by atoms with E-state index in [0.717, 1.165) is 12.1 Å². The van der Waals surface area contributed by atoms with Crippen LogP contribution in [-0.2, 0) is 6.18 Å². The summed E-state index contributed by atoms with van der Waals surface area (Å²) in [6.45, 7) is 1.61. The van der Waals surface area contributed by atoms with Crippen LogP contribution in [0.15, 0.2) is 60.6 Å². The maximum Gasteiger partial charge on any atom is 0.416 e. The molecule has 1 N–H and O–H groups in total. The fourth-order valence-corrected chi connectivity index (χ4v) is 1.83. The molecule has 0 amide bonds. The number of halogens is 3. The van der Waals surface area contributed by atoms with Crippen molar-refractivity contribution in [1.82, 2.24) is 4.98 Å². The topological polar surface area (TPSA) is 42.0 Å². The molecule has 0 radical (unpaired) electrons. The van der Waals surface area contributed by atoms with Gasteiger partial charge >= 0.3 is 6.18 Å². The smallest absolute Gasteiger partial charge is 0.359 e. The second kappa shape index (κ2) is 6.43. The number of alkyl halides is 3. The summed E-state index contributed by atoms with van der Waals surface area (Å²) in [7, 11) is 0. The number of anilines is 1. The maximum absolute atomic E-state index is 12.6. The van der Waals surface area contributed by atoms with E-state index in [0.29, 0.717) is 11.3 Å². The molecule has 3 nitrogen and oxygen atoms in total. The summed E-state index contributed by atoms with van der Waals surface area (Å²) < 4.78 is 37.9. The summed E-state index contributed by atoms with van der Waals surface area (Å²) in [5.41, 5.74) is 0.368. The minimum Gasteiger partial charge on any atom is -0.359 e. The van der Waals surface area contributed by atoms with Crippen LogP contribution < -0.4 is 5.32 Å². The number of hydrogen-bond acceptors (Lipinski definition) is 3. The number of ketones is 1. The minimum absolute atomic E-state index is 0.266. The number of rotatable bonds is 4. The van der Waals surface area contributed by atoms with E-state index < -0.39 is 11.7 Å². The average molecular weight is 306 g/mol. The molecule has 0 fully saturated rings. The van der Waals surface area contributed by atoms with Crippen LogP contribution in [0.3, 0.4) is 0 Å². The van der Waals surface area contributed by atoms with Gasteiger partial charge in [-0.3, -0.25) is 9.78 Å². The molecule has 0 saturated heterocycles. The number of nitrogens with one attached hydrogen (secondary N) is 1. The summed E-state index contributed by atoms with van der Waals surface area (Å²) >= 11 is 0. The first-order valence-corrected chi connectivity index (χ1v) is 6.43. The van der Waals surface area contributed by atoms with Gasteiger partial charge in [0.2, 0.25) is 0 Å². The molecule has 0 bridgehead atoms. The predicted molar refractivity (Wildman–Crippen MR) is 77.4 cm³/mol. The Morgan fingerprint density at radius 2 is 2.00 bits per heavy atom. The first kappa shape index (κ1) is 15.8. The number of pyridine rings is 1. The van der Waals surface area contributed by atoms with Gasteiger partial charge in [0.25, 0.3) is 0 Å². The van der Waals surface area contributed by atoms with Crippen LogP contribution in [0.4, 0.5) is 18.9 Å². The summed E-state index contributed by atoms with van der Waals surface area (Å²) in [5.74, 6) is -0.273. The number of carbonyl (C=O) groups is 1. The Morgan fingerprint density at radius 3 is 2.64 bits per heavy atom. The van der Waals surface area contributed by atoms with Gasteiger partial charge in [0.1, 0.15) is 0 Å². The normalized spacial score (nSPS) is 12.1. The van der Waals surface area contributed by atoms with Crippen molar-refractivity contribution in [2.45, 2.75) is 13.1 Å². The molecular weight excluding hydrogens is 293 g/mol. The van der Waals surface area contributed by atoms with Crippen LogP contribution in [0.5, 0.6) is 0 Å². The van der Waals surface area contributed by atoms with Crippen LogP contribution in [0.25, 0.3) is 0 Å². The van der Waals surface area contributed by atoms with Gasteiger partial charge in [-0.2, -0.15) is 13.2 Å². The van der Waals surface area contributed by atoms with E-state index in [1.807, 2.05) is 0 Å². The van der Waals surface area contributed by atoms with Crippen LogP contribution in [0.1, 0.15) is 22.8 Å². The lowest BCUT2D eigenvalue weighted by molar-refractivity contribution is -0.137. The number of aromatic nitrogens is 1. The van der Waals surface area contributed by atoms with Gasteiger partial charge in [0.05, 0.1) is 5.56 Å². The fraction of sp³-hybridized carbons (Fsp3) is 0.125. The van der Waals surface area contributed by atoms with E-state index in [-0.39, 0.29) is 11.5 Å². The van der Waals surface area contributed by atoms with Crippen molar-refractivity contribution in [3.05, 3.63) is 71.7 Å². The molecule has 114 valence electrons. The van der Waals surface area contributed by atoms with Crippen molar-refractivity contribution in [2.75, 3.05) is 5.32 Å². The zero-order valence-corrected chi connectivity index (χ0v) is 11.7. The zero-order valence-electron chi connectivity index (χ0n) is 11.7. The molecule has 0 aliphatic heterocycles. The van der Waals surface area contributed by atoms with Crippen LogP contribution in [0.2, 0.25) is 0 Å². The molecule has 1 heterocycles. The number of nitrogens with zero attached hydrogens (tertiary/aromatic N) is 1. The SMILES string of the molecule is C/C(=C\C(=O)c1cccnc1)Nc1cccc(C(F)(F)F)c1. The van der Waals surface area contributed by atoms with Gasteiger partial charge in [-0.05, 0) is 37.3 Å². The fourth-order valence-electron chi connectivity index (χ4n) is 1.83. The number of hydrogen-bond donors (Lipinski definition) is 1. The number of carbonyl (C=O) groups excluding carboxylic acids is 1. The van der Waals surface area contributed by atoms with E-state index in [9.17, 15) is 18.0 Å². The van der Waals surface area contributed by atoms with Gasteiger partial charge < -0.3 is 5.32 Å². The van der Waals surface area contributed by atoms with E-state index >= 15 is 0 Å². The molecular formula is C16H13F3N2O. The van der Waals surface area contributed by atoms with Crippen molar-refractivity contribution in [1.29, 1.82) is 0 Å². The maximum atomic E-state index is 12.6. The van der Waals surface area contributed by atoms with Crippen LogP contribution >= 0.6 is 0 Å². The third-order valence-corrected chi connectivity index (χ3v) is 2.83. The molecule has 1 aromatic heterocycles. The summed E-state index contributed by atoms with van der Waals surface area (Å²) in [6.07, 6.45) is -0.108. The Balaban J connectivity index is 2.13. The molecule has 1 aromatic carbocycles. The summed E-state index contributed by atoms with van der Waals surface area (Å²) in [6, 6.07) is 8.04. The third-order valence-electron chi connectivity index (χ3n) is 2.83. The lowest BCUT2D eigenvalue weighted by Crippen LogP contribution is -2.06. The Labute approximate surface area is 125 Å². The largest absolute Gasteiger partial charge is 0.416 e. The standard InChI is InChI=1S/C16H13F3N2O/c1-11(8-15(22)12-4-3-7-20-10-12)21-14-6-2-5-13(9-14)16(17,18)19/h2-10,21H,1H3/b11-8+. The number of allylic oxidation sites excluding steroid dienone is 2. The van der Waals surface area contributed by atoms with Crippen molar-refractivity contribution in [2.24, 2.45) is 0 Å². The van der Waals surface area contributed by atoms with Gasteiger partial charge in [0, 0.05) is 35.4 Å². The van der Waals surface area contributed by atoms with Crippen molar-refractivity contribution in [3.63, 3.8) is 0 Å². The lowest BCUT2D eigenvalue weighted by Gasteiger charge is -2.10. The van der Waals surface area contributed by atoms with E-state index in [2.05, 4.69) is 10.3 Å². The quantitative estimate of drug-likeness (QED) is 0.676. The second-order valence-electron chi connectivity index (χ2n) is 4.64. The molecule has 0 aliphatic carbocycles. The monoisotopic (exact) mass is 306 g/mol. The molecule has 0 aliphatic rings. The highest BCUT2D eigenvalue weighted by atomic mass is 19.4. The summed E-state index contributed by atoms with van der Waals surface area (Å²) in [5, 5.41) is 2.77. The van der Waals surface area contributed by atoms with Crippen LogP contribution in [0, 0.1) is 0 Å². The van der Waals surface area contributed by atoms with Gasteiger partial charge in [-0.15, -0.1) is 0 Å². The molecule has 0 spiro atoms. The summed E-state index contributed by atoms with van der Waals surface area (Å²) in [4.78, 5) is 15.8.